The Balaban J connectivity index is 1.87. The third kappa shape index (κ3) is 3.79. The summed E-state index contributed by atoms with van der Waals surface area (Å²) in [6.45, 7) is 3.36. The Hall–Kier alpha value is -2.91. The number of hydrogen-bond donors (Lipinski definition) is 3. The van der Waals surface area contributed by atoms with Crippen molar-refractivity contribution in [3.05, 3.63) is 47.5 Å². The summed E-state index contributed by atoms with van der Waals surface area (Å²) in [5, 5.41) is 5.42. The average molecular weight is 389 g/mol. The van der Waals surface area contributed by atoms with Crippen LogP contribution in [-0.4, -0.2) is 33.4 Å². The largest absolute Gasteiger partial charge is 0.479 e. The molecule has 0 radical (unpaired) electrons. The van der Waals surface area contributed by atoms with Gasteiger partial charge in [-0.2, -0.15) is 0 Å². The molecular weight excluding hydrogens is 370 g/mol. The zero-order valence-electron chi connectivity index (χ0n) is 15.0. The second kappa shape index (κ2) is 7.01. The topological polar surface area (TPSA) is 114 Å². The minimum Gasteiger partial charge on any atom is -0.479 e. The number of sulfonamides is 1. The van der Waals surface area contributed by atoms with Crippen molar-refractivity contribution < 1.29 is 22.7 Å². The normalized spacial score (nSPS) is 16.1. The number of anilines is 2. The van der Waals surface area contributed by atoms with Gasteiger partial charge < -0.3 is 15.4 Å². The molecular formula is C18H19N3O5S. The molecule has 1 atom stereocenters. The molecule has 2 aromatic rings. The van der Waals surface area contributed by atoms with E-state index in [9.17, 15) is 18.0 Å². The third-order valence-corrected chi connectivity index (χ3v) is 5.61. The molecule has 0 saturated heterocycles. The molecule has 9 heteroatoms. The van der Waals surface area contributed by atoms with E-state index in [2.05, 4.69) is 15.4 Å². The van der Waals surface area contributed by atoms with Crippen LogP contribution in [0.3, 0.4) is 0 Å². The molecule has 0 spiro atoms. The fourth-order valence-electron chi connectivity index (χ4n) is 2.62. The Morgan fingerprint density at radius 3 is 2.63 bits per heavy atom. The van der Waals surface area contributed by atoms with E-state index in [0.29, 0.717) is 22.7 Å². The number of fused-ring (bicyclic) bond motifs is 1. The molecule has 2 amide bonds. The lowest BCUT2D eigenvalue weighted by atomic mass is 10.1. The smallest absolute Gasteiger partial charge is 0.265 e. The summed E-state index contributed by atoms with van der Waals surface area (Å²) < 4.78 is 31.6. The molecule has 142 valence electrons. The van der Waals surface area contributed by atoms with Crippen molar-refractivity contribution in [1.29, 1.82) is 0 Å². The Bertz CT molecular complexity index is 1030. The number of benzene rings is 2. The van der Waals surface area contributed by atoms with Crippen LogP contribution in [0.2, 0.25) is 0 Å². The first kappa shape index (κ1) is 18.9. The summed E-state index contributed by atoms with van der Waals surface area (Å²) >= 11 is 0. The monoisotopic (exact) mass is 389 g/mol. The Labute approximate surface area is 157 Å². The molecule has 27 heavy (non-hydrogen) atoms. The molecule has 0 fully saturated rings. The van der Waals surface area contributed by atoms with E-state index < -0.39 is 22.0 Å². The highest BCUT2D eigenvalue weighted by Gasteiger charge is 2.24. The van der Waals surface area contributed by atoms with Gasteiger partial charge in [0, 0.05) is 11.3 Å². The first-order chi connectivity index (χ1) is 12.7. The van der Waals surface area contributed by atoms with Crippen LogP contribution in [0, 0.1) is 6.92 Å². The van der Waals surface area contributed by atoms with Crippen molar-refractivity contribution in [1.82, 2.24) is 4.72 Å². The van der Waals surface area contributed by atoms with Crippen LogP contribution in [0.25, 0.3) is 0 Å². The van der Waals surface area contributed by atoms with E-state index in [1.54, 1.807) is 38.1 Å². The van der Waals surface area contributed by atoms with Gasteiger partial charge in [-0.15, -0.1) is 0 Å². The van der Waals surface area contributed by atoms with Crippen LogP contribution in [0.5, 0.6) is 5.75 Å². The molecule has 0 saturated carbocycles. The van der Waals surface area contributed by atoms with Gasteiger partial charge in [-0.25, -0.2) is 13.1 Å². The van der Waals surface area contributed by atoms with E-state index in [-0.39, 0.29) is 16.4 Å². The first-order valence-electron chi connectivity index (χ1n) is 8.18. The molecule has 1 heterocycles. The van der Waals surface area contributed by atoms with Crippen LogP contribution in [-0.2, 0) is 14.8 Å². The number of ether oxygens (including phenoxy) is 1. The van der Waals surface area contributed by atoms with Crippen molar-refractivity contribution in [3.63, 3.8) is 0 Å². The second-order valence-corrected chi connectivity index (χ2v) is 7.99. The molecule has 0 aliphatic carbocycles. The molecule has 1 unspecified atom stereocenters. The number of aryl methyl sites for hydroxylation is 1. The van der Waals surface area contributed by atoms with Crippen molar-refractivity contribution in [2.24, 2.45) is 0 Å². The summed E-state index contributed by atoms with van der Waals surface area (Å²) in [6, 6.07) is 9.20. The maximum atomic E-state index is 12.6. The fraction of sp³-hybridized carbons (Fsp3) is 0.222. The number of nitrogens with one attached hydrogen (secondary N) is 3. The van der Waals surface area contributed by atoms with E-state index in [1.807, 2.05) is 0 Å². The van der Waals surface area contributed by atoms with Gasteiger partial charge in [-0.3, -0.25) is 9.59 Å². The number of carbonyl (C=O) groups excluding carboxylic acids is 2. The molecule has 1 aliphatic rings. The van der Waals surface area contributed by atoms with Gasteiger partial charge in [0.2, 0.25) is 10.0 Å². The molecule has 0 bridgehead atoms. The zero-order valence-corrected chi connectivity index (χ0v) is 15.8. The molecule has 3 N–H and O–H groups in total. The lowest BCUT2D eigenvalue weighted by Crippen LogP contribution is -2.34. The van der Waals surface area contributed by atoms with Crippen molar-refractivity contribution in [2.75, 3.05) is 17.7 Å². The summed E-state index contributed by atoms with van der Waals surface area (Å²) in [5.74, 6) is -0.220. The molecule has 0 aromatic heterocycles. The van der Waals surface area contributed by atoms with Crippen LogP contribution < -0.4 is 20.1 Å². The van der Waals surface area contributed by atoms with Crippen LogP contribution in [0.1, 0.15) is 22.8 Å². The number of carbonyl (C=O) groups is 2. The minimum absolute atomic E-state index is 0.000780. The number of rotatable bonds is 4. The van der Waals surface area contributed by atoms with E-state index in [0.717, 1.165) is 0 Å². The third-order valence-electron chi connectivity index (χ3n) is 4.20. The van der Waals surface area contributed by atoms with Crippen molar-refractivity contribution >= 4 is 33.2 Å². The SMILES string of the molecule is CNS(=O)(=O)c1ccc(C)c(C(=O)Nc2ccc3c(c2)NC(=O)C(C)O3)c1. The van der Waals surface area contributed by atoms with E-state index >= 15 is 0 Å². The van der Waals surface area contributed by atoms with Gasteiger partial charge in [-0.05, 0) is 56.8 Å². The number of hydrogen-bond acceptors (Lipinski definition) is 5. The maximum Gasteiger partial charge on any atom is 0.265 e. The lowest BCUT2D eigenvalue weighted by molar-refractivity contribution is -0.122. The molecule has 2 aromatic carbocycles. The van der Waals surface area contributed by atoms with E-state index in [4.69, 9.17) is 4.74 Å². The molecule has 8 nitrogen and oxygen atoms in total. The Morgan fingerprint density at radius 1 is 1.19 bits per heavy atom. The average Bonchev–Trinajstić information content (AvgIpc) is 2.63. The van der Waals surface area contributed by atoms with Gasteiger partial charge in [-0.1, -0.05) is 6.07 Å². The summed E-state index contributed by atoms with van der Waals surface area (Å²) in [5.41, 5.74) is 1.77. The highest BCUT2D eigenvalue weighted by atomic mass is 32.2. The van der Waals surface area contributed by atoms with Crippen molar-refractivity contribution in [3.8, 4) is 5.75 Å². The highest BCUT2D eigenvalue weighted by Crippen LogP contribution is 2.32. The quantitative estimate of drug-likeness (QED) is 0.739. The highest BCUT2D eigenvalue weighted by molar-refractivity contribution is 7.89. The Kier molecular flexibility index (Phi) is 4.90. The van der Waals surface area contributed by atoms with Crippen molar-refractivity contribution in [2.45, 2.75) is 24.8 Å². The van der Waals surface area contributed by atoms with Crippen LogP contribution in [0.15, 0.2) is 41.3 Å². The summed E-state index contributed by atoms with van der Waals surface area (Å²) in [4.78, 5) is 24.4. The zero-order chi connectivity index (χ0) is 19.8. The molecule has 1 aliphatic heterocycles. The lowest BCUT2D eigenvalue weighted by Gasteiger charge is -2.23. The van der Waals surface area contributed by atoms with Crippen LogP contribution >= 0.6 is 0 Å². The van der Waals surface area contributed by atoms with Gasteiger partial charge in [0.25, 0.3) is 11.8 Å². The first-order valence-corrected chi connectivity index (χ1v) is 9.66. The fourth-order valence-corrected chi connectivity index (χ4v) is 3.37. The standard InChI is InChI=1S/C18H19N3O5S/c1-10-4-6-13(27(24,25)19-3)9-14(10)18(23)20-12-5-7-16-15(8-12)21-17(22)11(2)26-16/h4-9,11,19H,1-3H3,(H,20,23)(H,21,22). The Morgan fingerprint density at radius 2 is 1.93 bits per heavy atom. The van der Waals surface area contributed by atoms with Crippen LogP contribution in [0.4, 0.5) is 11.4 Å². The predicted octanol–water partition coefficient (Wildman–Crippen LogP) is 1.87. The van der Waals surface area contributed by atoms with Gasteiger partial charge in [0.1, 0.15) is 5.75 Å². The second-order valence-electron chi connectivity index (χ2n) is 6.10. The molecule has 3 rings (SSSR count). The van der Waals surface area contributed by atoms with E-state index in [1.165, 1.54) is 19.2 Å². The summed E-state index contributed by atoms with van der Waals surface area (Å²) in [6.07, 6.45) is -0.586. The summed E-state index contributed by atoms with van der Waals surface area (Å²) in [7, 11) is -2.36. The minimum atomic E-state index is -3.66. The van der Waals surface area contributed by atoms with Gasteiger partial charge in [0.05, 0.1) is 10.6 Å². The number of amides is 2. The maximum absolute atomic E-state index is 12.6. The predicted molar refractivity (Wildman–Crippen MR) is 101 cm³/mol. The van der Waals surface area contributed by atoms with Gasteiger partial charge in [0.15, 0.2) is 6.10 Å². The van der Waals surface area contributed by atoms with Gasteiger partial charge >= 0.3 is 0 Å².